The average Bonchev–Trinajstić information content (AvgIpc) is 3.34. The molecule has 0 saturated heterocycles. The van der Waals surface area contributed by atoms with Crippen LogP contribution in [0.1, 0.15) is 22.8 Å². The van der Waals surface area contributed by atoms with Crippen molar-refractivity contribution in [2.24, 2.45) is 7.05 Å². The van der Waals surface area contributed by atoms with Crippen molar-refractivity contribution in [2.75, 3.05) is 12.4 Å². The molecule has 0 saturated carbocycles. The van der Waals surface area contributed by atoms with E-state index in [2.05, 4.69) is 30.5 Å². The van der Waals surface area contributed by atoms with Crippen molar-refractivity contribution in [2.45, 2.75) is 27.7 Å². The Morgan fingerprint density at radius 3 is 2.55 bits per heavy atom. The molecule has 0 aliphatic heterocycles. The predicted octanol–water partition coefficient (Wildman–Crippen LogP) is 4.49. The van der Waals surface area contributed by atoms with Crippen LogP contribution in [0.5, 0.6) is 5.75 Å². The van der Waals surface area contributed by atoms with Crippen molar-refractivity contribution in [3.63, 3.8) is 0 Å². The lowest BCUT2D eigenvalue weighted by atomic mass is 10.0. The molecule has 0 aliphatic carbocycles. The molecule has 4 heterocycles. The summed E-state index contributed by atoms with van der Waals surface area (Å²) in [6.45, 7) is 7.70. The number of aromatic amines is 1. The van der Waals surface area contributed by atoms with Crippen molar-refractivity contribution in [1.82, 2.24) is 29.9 Å². The van der Waals surface area contributed by atoms with E-state index in [1.165, 1.54) is 0 Å². The van der Waals surface area contributed by atoms with Crippen LogP contribution >= 0.6 is 0 Å². The molecule has 2 N–H and O–H groups in total. The average molecular weight is 417 g/mol. The second-order valence-electron chi connectivity index (χ2n) is 7.72. The standard InChI is InChI=1S/C22H23N7O2/c1-10-9-29(5)27-20(10)26-22-19-14-8-17(30-6)15(18-11(2)28-31-12(18)3)7-16(14)25-21(19)23-13(4)24-22/h7-9H,1-6H3,(H2,23,24,25,26,27). The second kappa shape index (κ2) is 6.83. The fraction of sp³-hybridized carbons (Fsp3) is 0.273. The van der Waals surface area contributed by atoms with Crippen molar-refractivity contribution in [3.05, 3.63) is 41.2 Å². The first-order chi connectivity index (χ1) is 14.9. The van der Waals surface area contributed by atoms with Gasteiger partial charge in [-0.05, 0) is 39.8 Å². The topological polar surface area (TPSA) is 107 Å². The summed E-state index contributed by atoms with van der Waals surface area (Å²) >= 11 is 0. The molecule has 0 fully saturated rings. The largest absolute Gasteiger partial charge is 0.496 e. The van der Waals surface area contributed by atoms with E-state index in [-0.39, 0.29) is 0 Å². The quantitative estimate of drug-likeness (QED) is 0.444. The normalized spacial score (nSPS) is 11.5. The minimum absolute atomic E-state index is 0.660. The Kier molecular flexibility index (Phi) is 4.21. The van der Waals surface area contributed by atoms with Crippen LogP contribution in [0.3, 0.4) is 0 Å². The number of aryl methyl sites for hydroxylation is 5. The Labute approximate surface area is 178 Å². The molecule has 5 rings (SSSR count). The van der Waals surface area contributed by atoms with E-state index in [4.69, 9.17) is 9.26 Å². The molecule has 0 amide bonds. The van der Waals surface area contributed by atoms with Crippen molar-refractivity contribution >= 4 is 33.6 Å². The van der Waals surface area contributed by atoms with Gasteiger partial charge >= 0.3 is 0 Å². The third kappa shape index (κ3) is 3.00. The van der Waals surface area contributed by atoms with Crippen LogP contribution in [0.2, 0.25) is 0 Å². The SMILES string of the molecule is COc1cc2c(cc1-c1c(C)noc1C)[nH]c1nc(C)nc(Nc3nn(C)cc3C)c12. The number of H-pyrrole nitrogens is 1. The lowest BCUT2D eigenvalue weighted by Gasteiger charge is -2.10. The van der Waals surface area contributed by atoms with Crippen molar-refractivity contribution in [1.29, 1.82) is 0 Å². The van der Waals surface area contributed by atoms with Crippen LogP contribution in [-0.2, 0) is 7.05 Å². The molecule has 9 heteroatoms. The Morgan fingerprint density at radius 1 is 1.10 bits per heavy atom. The minimum Gasteiger partial charge on any atom is -0.496 e. The van der Waals surface area contributed by atoms with Crippen LogP contribution in [0, 0.1) is 27.7 Å². The maximum Gasteiger partial charge on any atom is 0.156 e. The van der Waals surface area contributed by atoms with Crippen LogP contribution < -0.4 is 10.1 Å². The minimum atomic E-state index is 0.660. The molecular weight excluding hydrogens is 394 g/mol. The number of nitrogens with zero attached hydrogens (tertiary/aromatic N) is 5. The smallest absolute Gasteiger partial charge is 0.156 e. The fourth-order valence-corrected chi connectivity index (χ4v) is 4.10. The molecule has 1 aromatic carbocycles. The van der Waals surface area contributed by atoms with E-state index in [0.717, 1.165) is 61.6 Å². The monoisotopic (exact) mass is 417 g/mol. The number of fused-ring (bicyclic) bond motifs is 3. The van der Waals surface area contributed by atoms with Gasteiger partial charge in [0.2, 0.25) is 0 Å². The molecular formula is C22H23N7O2. The van der Waals surface area contributed by atoms with Gasteiger partial charge in [0, 0.05) is 35.3 Å². The number of rotatable bonds is 4. The summed E-state index contributed by atoms with van der Waals surface area (Å²) in [5.74, 6) is 3.59. The fourth-order valence-electron chi connectivity index (χ4n) is 4.10. The van der Waals surface area contributed by atoms with Crippen LogP contribution in [0.25, 0.3) is 33.1 Å². The first-order valence-electron chi connectivity index (χ1n) is 9.94. The van der Waals surface area contributed by atoms with Crippen LogP contribution in [-0.4, -0.2) is 37.0 Å². The number of nitrogens with one attached hydrogen (secondary N) is 2. The Balaban J connectivity index is 1.77. The molecule has 5 aromatic rings. The summed E-state index contributed by atoms with van der Waals surface area (Å²) in [4.78, 5) is 12.7. The van der Waals surface area contributed by atoms with Gasteiger partial charge in [-0.3, -0.25) is 4.68 Å². The van der Waals surface area contributed by atoms with E-state index < -0.39 is 0 Å². The Bertz CT molecular complexity index is 1440. The third-order valence-corrected chi connectivity index (χ3v) is 5.43. The molecule has 158 valence electrons. The number of ether oxygens (including phenoxy) is 1. The van der Waals surface area contributed by atoms with Gasteiger partial charge in [0.15, 0.2) is 5.82 Å². The lowest BCUT2D eigenvalue weighted by Crippen LogP contribution is -2.00. The van der Waals surface area contributed by atoms with Gasteiger partial charge in [-0.2, -0.15) is 5.10 Å². The molecule has 0 atom stereocenters. The Hall–Kier alpha value is -3.88. The maximum absolute atomic E-state index is 5.75. The van der Waals surface area contributed by atoms with Gasteiger partial charge in [-0.1, -0.05) is 5.16 Å². The highest BCUT2D eigenvalue weighted by molar-refractivity contribution is 6.13. The molecule has 0 spiro atoms. The number of benzene rings is 1. The van der Waals surface area contributed by atoms with E-state index >= 15 is 0 Å². The second-order valence-corrected chi connectivity index (χ2v) is 7.72. The summed E-state index contributed by atoms with van der Waals surface area (Å²) < 4.78 is 12.9. The van der Waals surface area contributed by atoms with E-state index in [1.807, 2.05) is 53.1 Å². The maximum atomic E-state index is 5.75. The van der Waals surface area contributed by atoms with Gasteiger partial charge in [0.25, 0.3) is 0 Å². The summed E-state index contributed by atoms with van der Waals surface area (Å²) in [7, 11) is 3.56. The van der Waals surface area contributed by atoms with Crippen molar-refractivity contribution in [3.8, 4) is 16.9 Å². The molecule has 0 unspecified atom stereocenters. The highest BCUT2D eigenvalue weighted by Crippen LogP contribution is 2.40. The third-order valence-electron chi connectivity index (χ3n) is 5.43. The number of aromatic nitrogens is 6. The van der Waals surface area contributed by atoms with Crippen molar-refractivity contribution < 1.29 is 9.26 Å². The van der Waals surface area contributed by atoms with Crippen LogP contribution in [0.4, 0.5) is 11.6 Å². The van der Waals surface area contributed by atoms with Gasteiger partial charge in [0.1, 0.15) is 28.8 Å². The first-order valence-corrected chi connectivity index (χ1v) is 9.94. The van der Waals surface area contributed by atoms with Gasteiger partial charge in [-0.15, -0.1) is 0 Å². The summed E-state index contributed by atoms with van der Waals surface area (Å²) in [6, 6.07) is 4.05. The number of anilines is 2. The zero-order valence-electron chi connectivity index (χ0n) is 18.3. The highest BCUT2D eigenvalue weighted by Gasteiger charge is 2.21. The molecule has 0 aliphatic rings. The van der Waals surface area contributed by atoms with Gasteiger partial charge in [-0.25, -0.2) is 9.97 Å². The van der Waals surface area contributed by atoms with E-state index in [9.17, 15) is 0 Å². The van der Waals surface area contributed by atoms with Crippen LogP contribution in [0.15, 0.2) is 22.9 Å². The zero-order valence-corrected chi connectivity index (χ0v) is 18.3. The summed E-state index contributed by atoms with van der Waals surface area (Å²) in [5.41, 5.74) is 5.36. The van der Waals surface area contributed by atoms with Gasteiger partial charge in [0.05, 0.1) is 23.8 Å². The number of hydrogen-bond acceptors (Lipinski definition) is 7. The molecule has 9 nitrogen and oxygen atoms in total. The summed E-state index contributed by atoms with van der Waals surface area (Å²) in [6.07, 6.45) is 1.96. The zero-order chi connectivity index (χ0) is 21.9. The Morgan fingerprint density at radius 2 is 1.90 bits per heavy atom. The van der Waals surface area contributed by atoms with E-state index in [0.29, 0.717) is 11.6 Å². The summed E-state index contributed by atoms with van der Waals surface area (Å²) in [5, 5.41) is 13.8. The molecule has 0 bridgehead atoms. The lowest BCUT2D eigenvalue weighted by molar-refractivity contribution is 0.393. The number of hydrogen-bond donors (Lipinski definition) is 2. The predicted molar refractivity (Wildman–Crippen MR) is 119 cm³/mol. The first kappa shape index (κ1) is 19.1. The molecule has 31 heavy (non-hydrogen) atoms. The number of methoxy groups -OCH3 is 1. The highest BCUT2D eigenvalue weighted by atomic mass is 16.5. The molecule has 0 radical (unpaired) electrons. The van der Waals surface area contributed by atoms with E-state index in [1.54, 1.807) is 11.8 Å². The molecule has 4 aromatic heterocycles. The van der Waals surface area contributed by atoms with Gasteiger partial charge < -0.3 is 19.6 Å².